The first-order valence-corrected chi connectivity index (χ1v) is 7.55. The van der Waals surface area contributed by atoms with E-state index in [9.17, 15) is 0 Å². The molecule has 1 unspecified atom stereocenters. The van der Waals surface area contributed by atoms with E-state index < -0.39 is 0 Å². The third-order valence-corrected chi connectivity index (χ3v) is 3.80. The Morgan fingerprint density at radius 1 is 1.22 bits per heavy atom. The van der Waals surface area contributed by atoms with Gasteiger partial charge in [0.1, 0.15) is 18.4 Å². The number of hydrogen-bond donors (Lipinski definition) is 2. The SMILES string of the molecule is CC(C)c1cccc(NC(N)=NC2COc3ccccc32)c1.I. The van der Waals surface area contributed by atoms with Crippen LogP contribution in [0, 0.1) is 0 Å². The minimum atomic E-state index is -0.0445. The second kappa shape index (κ2) is 7.68. The maximum atomic E-state index is 6.05. The summed E-state index contributed by atoms with van der Waals surface area (Å²) in [6.45, 7) is 4.88. The van der Waals surface area contributed by atoms with Crippen molar-refractivity contribution in [1.82, 2.24) is 0 Å². The Labute approximate surface area is 154 Å². The predicted molar refractivity (Wildman–Crippen MR) is 106 cm³/mol. The molecule has 0 aliphatic carbocycles. The van der Waals surface area contributed by atoms with Crippen LogP contribution in [-0.2, 0) is 0 Å². The van der Waals surface area contributed by atoms with E-state index >= 15 is 0 Å². The minimum absolute atomic E-state index is 0. The van der Waals surface area contributed by atoms with Gasteiger partial charge >= 0.3 is 0 Å². The maximum Gasteiger partial charge on any atom is 0.193 e. The first kappa shape index (κ1) is 17.6. The van der Waals surface area contributed by atoms with Crippen LogP contribution in [0.2, 0.25) is 0 Å². The molecule has 0 spiro atoms. The van der Waals surface area contributed by atoms with Gasteiger partial charge in [-0.05, 0) is 29.7 Å². The number of nitrogens with two attached hydrogens (primary N) is 1. The van der Waals surface area contributed by atoms with Crippen molar-refractivity contribution in [2.45, 2.75) is 25.8 Å². The summed E-state index contributed by atoms with van der Waals surface area (Å²) in [5.74, 6) is 1.78. The molecule has 0 amide bonds. The summed E-state index contributed by atoms with van der Waals surface area (Å²) >= 11 is 0. The summed E-state index contributed by atoms with van der Waals surface area (Å²) in [4.78, 5) is 4.55. The van der Waals surface area contributed by atoms with Crippen molar-refractivity contribution in [2.24, 2.45) is 10.7 Å². The van der Waals surface area contributed by atoms with E-state index in [2.05, 4.69) is 36.3 Å². The van der Waals surface area contributed by atoms with E-state index in [1.807, 2.05) is 36.4 Å². The summed E-state index contributed by atoms with van der Waals surface area (Å²) in [6, 6.07) is 16.1. The quantitative estimate of drug-likeness (QED) is 0.440. The zero-order chi connectivity index (χ0) is 15.5. The van der Waals surface area contributed by atoms with Crippen molar-refractivity contribution in [2.75, 3.05) is 11.9 Å². The van der Waals surface area contributed by atoms with Crippen LogP contribution in [0.3, 0.4) is 0 Å². The Bertz CT molecular complexity index is 700. The van der Waals surface area contributed by atoms with Gasteiger partial charge < -0.3 is 15.8 Å². The molecule has 1 aliphatic rings. The van der Waals surface area contributed by atoms with Crippen LogP contribution in [0.5, 0.6) is 5.75 Å². The molecule has 1 aliphatic heterocycles. The number of fused-ring (bicyclic) bond motifs is 1. The van der Waals surface area contributed by atoms with Crippen molar-refractivity contribution in [3.05, 3.63) is 59.7 Å². The van der Waals surface area contributed by atoms with Crippen LogP contribution in [-0.4, -0.2) is 12.6 Å². The van der Waals surface area contributed by atoms with Crippen LogP contribution in [0.1, 0.15) is 36.9 Å². The summed E-state index contributed by atoms with van der Waals surface area (Å²) in [6.07, 6.45) is 0. The molecule has 5 heteroatoms. The molecule has 0 aromatic heterocycles. The molecule has 4 nitrogen and oxygen atoms in total. The molecule has 1 heterocycles. The van der Waals surface area contributed by atoms with Crippen molar-refractivity contribution in [3.8, 4) is 5.75 Å². The number of nitrogens with zero attached hydrogens (tertiary/aromatic N) is 1. The topological polar surface area (TPSA) is 59.6 Å². The second-order valence-corrected chi connectivity index (χ2v) is 5.78. The molecule has 2 aromatic carbocycles. The van der Waals surface area contributed by atoms with Gasteiger partial charge in [-0.15, -0.1) is 24.0 Å². The Morgan fingerprint density at radius 3 is 2.78 bits per heavy atom. The molecule has 23 heavy (non-hydrogen) atoms. The standard InChI is InChI=1S/C18H21N3O.HI/c1-12(2)13-6-5-7-14(10-13)20-18(19)21-16-11-22-17-9-4-3-8-15(16)17;/h3-10,12,16H,11H2,1-2H3,(H3,19,20,21);1H. The van der Waals surface area contributed by atoms with Gasteiger partial charge in [-0.25, -0.2) is 4.99 Å². The summed E-state index contributed by atoms with van der Waals surface area (Å²) < 4.78 is 5.62. The molecule has 3 N–H and O–H groups in total. The van der Waals surface area contributed by atoms with E-state index in [0.29, 0.717) is 18.5 Å². The molecule has 2 aromatic rings. The Kier molecular flexibility index (Phi) is 5.87. The normalized spacial score (nSPS) is 16.5. The van der Waals surface area contributed by atoms with E-state index in [1.165, 1.54) is 5.56 Å². The Hall–Kier alpha value is -1.76. The fourth-order valence-electron chi connectivity index (χ4n) is 2.58. The lowest BCUT2D eigenvalue weighted by molar-refractivity contribution is 0.334. The van der Waals surface area contributed by atoms with Gasteiger partial charge in [0, 0.05) is 11.3 Å². The van der Waals surface area contributed by atoms with Gasteiger partial charge in [-0.1, -0.05) is 44.2 Å². The predicted octanol–water partition coefficient (Wildman–Crippen LogP) is 4.29. The smallest absolute Gasteiger partial charge is 0.193 e. The van der Waals surface area contributed by atoms with E-state index in [1.54, 1.807) is 0 Å². The second-order valence-electron chi connectivity index (χ2n) is 5.78. The highest BCUT2D eigenvalue weighted by atomic mass is 127. The molecule has 122 valence electrons. The third kappa shape index (κ3) is 4.16. The number of nitrogens with one attached hydrogen (secondary N) is 1. The van der Waals surface area contributed by atoms with Crippen LogP contribution in [0.4, 0.5) is 5.69 Å². The first-order chi connectivity index (χ1) is 10.6. The lowest BCUT2D eigenvalue weighted by Gasteiger charge is -2.11. The molecule has 1 atom stereocenters. The lowest BCUT2D eigenvalue weighted by Crippen LogP contribution is -2.24. The third-order valence-electron chi connectivity index (χ3n) is 3.80. The van der Waals surface area contributed by atoms with Gasteiger partial charge in [0.05, 0.1) is 0 Å². The highest BCUT2D eigenvalue weighted by Crippen LogP contribution is 2.34. The number of benzene rings is 2. The molecule has 0 bridgehead atoms. The number of para-hydroxylation sites is 1. The summed E-state index contributed by atoms with van der Waals surface area (Å²) in [7, 11) is 0. The van der Waals surface area contributed by atoms with Gasteiger partial charge in [0.15, 0.2) is 5.96 Å². The highest BCUT2D eigenvalue weighted by Gasteiger charge is 2.23. The van der Waals surface area contributed by atoms with Crippen LogP contribution < -0.4 is 15.8 Å². The zero-order valence-electron chi connectivity index (χ0n) is 13.3. The molecule has 0 saturated carbocycles. The molecule has 0 fully saturated rings. The maximum absolute atomic E-state index is 6.05. The highest BCUT2D eigenvalue weighted by molar-refractivity contribution is 14.0. The fourth-order valence-corrected chi connectivity index (χ4v) is 2.58. The monoisotopic (exact) mass is 423 g/mol. The largest absolute Gasteiger partial charge is 0.491 e. The first-order valence-electron chi connectivity index (χ1n) is 7.55. The number of ether oxygens (including phenoxy) is 1. The molecular weight excluding hydrogens is 401 g/mol. The number of aliphatic imine (C=N–C) groups is 1. The average Bonchev–Trinajstić information content (AvgIpc) is 2.91. The minimum Gasteiger partial charge on any atom is -0.491 e. The summed E-state index contributed by atoms with van der Waals surface area (Å²) in [5, 5.41) is 3.17. The zero-order valence-corrected chi connectivity index (χ0v) is 15.7. The van der Waals surface area contributed by atoms with Gasteiger partial charge in [-0.2, -0.15) is 0 Å². The van der Waals surface area contributed by atoms with Crippen LogP contribution in [0.25, 0.3) is 0 Å². The number of guanidine groups is 1. The number of halogens is 1. The van der Waals surface area contributed by atoms with Crippen molar-refractivity contribution < 1.29 is 4.74 Å². The van der Waals surface area contributed by atoms with Gasteiger partial charge in [0.25, 0.3) is 0 Å². The number of hydrogen-bond acceptors (Lipinski definition) is 2. The molecule has 0 saturated heterocycles. The number of anilines is 1. The van der Waals surface area contributed by atoms with Gasteiger partial charge in [-0.3, -0.25) is 0 Å². The molecular formula is C18H22IN3O. The van der Waals surface area contributed by atoms with Crippen molar-refractivity contribution in [1.29, 1.82) is 0 Å². The lowest BCUT2D eigenvalue weighted by atomic mass is 10.0. The van der Waals surface area contributed by atoms with Gasteiger partial charge in [0.2, 0.25) is 0 Å². The van der Waals surface area contributed by atoms with E-state index in [4.69, 9.17) is 10.5 Å². The van der Waals surface area contributed by atoms with E-state index in [-0.39, 0.29) is 30.0 Å². The average molecular weight is 423 g/mol. The van der Waals surface area contributed by atoms with Crippen molar-refractivity contribution >= 4 is 35.6 Å². The van der Waals surface area contributed by atoms with Crippen LogP contribution >= 0.6 is 24.0 Å². The molecule has 0 radical (unpaired) electrons. The Morgan fingerprint density at radius 2 is 2.00 bits per heavy atom. The Balaban J connectivity index is 0.00000192. The number of rotatable bonds is 3. The van der Waals surface area contributed by atoms with Crippen LogP contribution in [0.15, 0.2) is 53.5 Å². The molecule has 3 rings (SSSR count). The van der Waals surface area contributed by atoms with Crippen molar-refractivity contribution in [3.63, 3.8) is 0 Å². The van der Waals surface area contributed by atoms with E-state index in [0.717, 1.165) is 17.0 Å². The fraction of sp³-hybridized carbons (Fsp3) is 0.278. The summed E-state index contributed by atoms with van der Waals surface area (Å²) in [5.41, 5.74) is 9.37.